The quantitative estimate of drug-likeness (QED) is 0.511. The monoisotopic (exact) mass is 408 g/mol. The second-order valence-corrected chi connectivity index (χ2v) is 7.12. The van der Waals surface area contributed by atoms with Gasteiger partial charge in [-0.1, -0.05) is 43.3 Å². The number of allylic oxidation sites excluding steroid dienone is 1. The third-order valence-electron chi connectivity index (χ3n) is 5.35. The molecule has 30 heavy (non-hydrogen) atoms. The number of imide groups is 1. The molecule has 156 valence electrons. The Kier molecular flexibility index (Phi) is 6.20. The molecule has 3 rings (SSSR count). The molecule has 1 fully saturated rings. The molecule has 2 aromatic rings. The first-order valence-corrected chi connectivity index (χ1v) is 9.69. The standard InChI is InChI=1S/C23H24N2O5/c1-3-14-23(4-2)20(28)25(22(29)24-15-16-8-6-5-7-9-16)21(23)30-18-12-10-17(11-13-18)19(26)27/h3,5-13,21H,1,4,14-15H2,2H3,(H,24,29)(H,26,27)/t21-,23-/m0/s1. The van der Waals surface area contributed by atoms with E-state index in [9.17, 15) is 14.4 Å². The van der Waals surface area contributed by atoms with Crippen LogP contribution in [0.3, 0.4) is 0 Å². The van der Waals surface area contributed by atoms with E-state index < -0.39 is 23.6 Å². The number of likely N-dealkylation sites (tertiary alicyclic amines) is 1. The highest BCUT2D eigenvalue weighted by Gasteiger charge is 2.63. The fourth-order valence-electron chi connectivity index (χ4n) is 3.58. The third kappa shape index (κ3) is 3.91. The number of carbonyl (C=O) groups excluding carboxylic acids is 2. The number of hydrogen-bond acceptors (Lipinski definition) is 4. The van der Waals surface area contributed by atoms with Gasteiger partial charge in [0.2, 0.25) is 5.91 Å². The van der Waals surface area contributed by atoms with E-state index in [4.69, 9.17) is 9.84 Å². The van der Waals surface area contributed by atoms with Crippen LogP contribution in [-0.4, -0.2) is 34.1 Å². The molecule has 0 bridgehead atoms. The van der Waals surface area contributed by atoms with Crippen molar-refractivity contribution in [2.75, 3.05) is 0 Å². The van der Waals surface area contributed by atoms with Crippen LogP contribution in [0.2, 0.25) is 0 Å². The van der Waals surface area contributed by atoms with E-state index in [1.54, 1.807) is 6.08 Å². The number of carboxylic acid groups (broad SMARTS) is 1. The highest BCUT2D eigenvalue weighted by molar-refractivity contribution is 6.03. The summed E-state index contributed by atoms with van der Waals surface area (Å²) in [5.41, 5.74) is 0.142. The normalized spacial score (nSPS) is 20.2. The van der Waals surface area contributed by atoms with Crippen molar-refractivity contribution in [1.29, 1.82) is 0 Å². The molecule has 7 nitrogen and oxygen atoms in total. The maximum atomic E-state index is 13.0. The molecule has 0 aromatic heterocycles. The van der Waals surface area contributed by atoms with Crippen molar-refractivity contribution in [3.05, 3.63) is 78.4 Å². The van der Waals surface area contributed by atoms with Gasteiger partial charge in [-0.05, 0) is 42.7 Å². The zero-order valence-corrected chi connectivity index (χ0v) is 16.7. The van der Waals surface area contributed by atoms with Gasteiger partial charge < -0.3 is 15.2 Å². The first kappa shape index (κ1) is 21.1. The number of hydrogen-bond donors (Lipinski definition) is 2. The van der Waals surface area contributed by atoms with E-state index in [1.165, 1.54) is 24.3 Å². The lowest BCUT2D eigenvalue weighted by molar-refractivity contribution is -0.189. The molecule has 0 aliphatic carbocycles. The Morgan fingerprint density at radius 2 is 1.87 bits per heavy atom. The minimum atomic E-state index is -1.04. The van der Waals surface area contributed by atoms with E-state index in [1.807, 2.05) is 37.3 Å². The van der Waals surface area contributed by atoms with Crippen molar-refractivity contribution in [3.63, 3.8) is 0 Å². The summed E-state index contributed by atoms with van der Waals surface area (Å²) in [6.07, 6.45) is 1.66. The predicted molar refractivity (Wildman–Crippen MR) is 111 cm³/mol. The van der Waals surface area contributed by atoms with Gasteiger partial charge in [0.05, 0.1) is 5.56 Å². The van der Waals surface area contributed by atoms with Crippen LogP contribution in [0.4, 0.5) is 4.79 Å². The molecule has 0 saturated carbocycles. The molecule has 2 N–H and O–H groups in total. The zero-order chi connectivity index (χ0) is 21.7. The number of aromatic carboxylic acids is 1. The number of ether oxygens (including phenoxy) is 1. The molecule has 3 amide bonds. The van der Waals surface area contributed by atoms with Gasteiger partial charge in [-0.15, -0.1) is 6.58 Å². The topological polar surface area (TPSA) is 95.9 Å². The first-order chi connectivity index (χ1) is 14.4. The highest BCUT2D eigenvalue weighted by atomic mass is 16.5. The number of rotatable bonds is 8. The summed E-state index contributed by atoms with van der Waals surface area (Å²) in [5.74, 6) is -0.986. The Morgan fingerprint density at radius 3 is 2.43 bits per heavy atom. The molecular weight excluding hydrogens is 384 g/mol. The van der Waals surface area contributed by atoms with Crippen molar-refractivity contribution in [2.45, 2.75) is 32.5 Å². The maximum absolute atomic E-state index is 13.0. The van der Waals surface area contributed by atoms with E-state index in [0.717, 1.165) is 10.5 Å². The lowest BCUT2D eigenvalue weighted by Gasteiger charge is -2.53. The minimum Gasteiger partial charge on any atom is -0.478 e. The summed E-state index contributed by atoms with van der Waals surface area (Å²) in [6, 6.07) is 14.7. The number of nitrogens with zero attached hydrogens (tertiary/aromatic N) is 1. The van der Waals surface area contributed by atoms with Crippen molar-refractivity contribution < 1.29 is 24.2 Å². The average Bonchev–Trinajstić information content (AvgIpc) is 2.76. The van der Waals surface area contributed by atoms with E-state index in [-0.39, 0.29) is 18.0 Å². The molecule has 0 unspecified atom stereocenters. The van der Waals surface area contributed by atoms with Gasteiger partial charge in [0.1, 0.15) is 11.2 Å². The molecule has 1 saturated heterocycles. The second-order valence-electron chi connectivity index (χ2n) is 7.12. The van der Waals surface area contributed by atoms with Crippen LogP contribution in [0.5, 0.6) is 5.75 Å². The minimum absolute atomic E-state index is 0.123. The van der Waals surface area contributed by atoms with Crippen LogP contribution in [0.15, 0.2) is 67.3 Å². The molecule has 2 atom stereocenters. The summed E-state index contributed by atoms with van der Waals surface area (Å²) >= 11 is 0. The number of β-lactam (4-membered cyclic amide) rings is 1. The van der Waals surface area contributed by atoms with Gasteiger partial charge in [0.15, 0.2) is 6.23 Å². The zero-order valence-electron chi connectivity index (χ0n) is 16.7. The van der Waals surface area contributed by atoms with Crippen LogP contribution in [-0.2, 0) is 11.3 Å². The predicted octanol–water partition coefficient (Wildman–Crippen LogP) is 3.81. The van der Waals surface area contributed by atoms with Crippen molar-refractivity contribution in [2.24, 2.45) is 5.41 Å². The third-order valence-corrected chi connectivity index (χ3v) is 5.35. The van der Waals surface area contributed by atoms with Crippen molar-refractivity contribution in [1.82, 2.24) is 10.2 Å². The van der Waals surface area contributed by atoms with Gasteiger partial charge in [0.25, 0.3) is 0 Å². The molecule has 1 aliphatic rings. The summed E-state index contributed by atoms with van der Waals surface area (Å²) in [7, 11) is 0. The molecule has 1 aliphatic heterocycles. The van der Waals surface area contributed by atoms with Gasteiger partial charge >= 0.3 is 12.0 Å². The summed E-state index contributed by atoms with van der Waals surface area (Å²) in [5, 5.41) is 11.8. The van der Waals surface area contributed by atoms with Crippen LogP contribution < -0.4 is 10.1 Å². The van der Waals surface area contributed by atoms with Crippen molar-refractivity contribution >= 4 is 17.9 Å². The smallest absolute Gasteiger partial charge is 0.335 e. The number of nitrogens with one attached hydrogen (secondary N) is 1. The van der Waals surface area contributed by atoms with Crippen LogP contribution >= 0.6 is 0 Å². The van der Waals surface area contributed by atoms with Gasteiger partial charge in [0, 0.05) is 6.54 Å². The molecule has 2 aromatic carbocycles. The number of amides is 3. The largest absolute Gasteiger partial charge is 0.478 e. The number of urea groups is 1. The Labute approximate surface area is 175 Å². The summed E-state index contributed by atoms with van der Waals surface area (Å²) < 4.78 is 6.00. The van der Waals surface area contributed by atoms with Gasteiger partial charge in [-0.25, -0.2) is 14.5 Å². The SMILES string of the molecule is C=CC[C@@]1(CC)C(=O)N(C(=O)NCc2ccccc2)[C@H]1Oc1ccc(C(=O)O)cc1. The molecular formula is C23H24N2O5. The second kappa shape index (κ2) is 8.82. The first-order valence-electron chi connectivity index (χ1n) is 9.69. The van der Waals surface area contributed by atoms with E-state index >= 15 is 0 Å². The Hall–Kier alpha value is -3.61. The number of carboxylic acids is 1. The van der Waals surface area contributed by atoms with Gasteiger partial charge in [-0.3, -0.25) is 4.79 Å². The lowest BCUT2D eigenvalue weighted by atomic mass is 9.71. The Morgan fingerprint density at radius 1 is 1.20 bits per heavy atom. The van der Waals surface area contributed by atoms with E-state index in [2.05, 4.69) is 11.9 Å². The average molecular weight is 408 g/mol. The Bertz CT molecular complexity index is 942. The van der Waals surface area contributed by atoms with Crippen LogP contribution in [0.1, 0.15) is 35.7 Å². The molecule has 0 radical (unpaired) electrons. The summed E-state index contributed by atoms with van der Waals surface area (Å²) in [4.78, 5) is 37.9. The summed E-state index contributed by atoms with van der Waals surface area (Å²) in [6.45, 7) is 5.88. The Balaban J connectivity index is 1.80. The lowest BCUT2D eigenvalue weighted by Crippen LogP contribution is -2.73. The maximum Gasteiger partial charge on any atom is 0.335 e. The number of carbonyl (C=O) groups is 3. The fraction of sp³-hybridized carbons (Fsp3) is 0.261. The van der Waals surface area contributed by atoms with Crippen LogP contribution in [0, 0.1) is 5.41 Å². The fourth-order valence-corrected chi connectivity index (χ4v) is 3.58. The van der Waals surface area contributed by atoms with Crippen LogP contribution in [0.25, 0.3) is 0 Å². The van der Waals surface area contributed by atoms with Gasteiger partial charge in [-0.2, -0.15) is 0 Å². The van der Waals surface area contributed by atoms with Crippen molar-refractivity contribution in [3.8, 4) is 5.75 Å². The molecule has 1 heterocycles. The molecule has 0 spiro atoms. The molecule has 7 heteroatoms. The number of benzene rings is 2. The van der Waals surface area contributed by atoms with E-state index in [0.29, 0.717) is 18.6 Å². The highest BCUT2D eigenvalue weighted by Crippen LogP contribution is 2.46.